The van der Waals surface area contributed by atoms with Gasteiger partial charge >= 0.3 is 12.2 Å². The number of rotatable bonds is 4. The van der Waals surface area contributed by atoms with Gasteiger partial charge in [0.05, 0.1) is 7.11 Å². The summed E-state index contributed by atoms with van der Waals surface area (Å²) in [5, 5.41) is 13.0. The van der Waals surface area contributed by atoms with E-state index in [2.05, 4.69) is 15.4 Å². The lowest BCUT2D eigenvalue weighted by Gasteiger charge is -2.14. The molecule has 76 valence electrons. The molecular weight excluding hydrogens is 176 g/mol. The summed E-state index contributed by atoms with van der Waals surface area (Å²) >= 11 is 0. The minimum absolute atomic E-state index is 0.232. The number of nitrogens with one attached hydrogen (secondary N) is 2. The average molecular weight is 190 g/mol. The molecule has 1 atom stereocenters. The van der Waals surface area contributed by atoms with Gasteiger partial charge in [-0.25, -0.2) is 9.59 Å². The van der Waals surface area contributed by atoms with Crippen molar-refractivity contribution in [3.63, 3.8) is 0 Å². The Labute approximate surface area is 76.3 Å². The summed E-state index contributed by atoms with van der Waals surface area (Å²) in [6, 6.07) is -0.281. The predicted molar refractivity (Wildman–Crippen MR) is 45.6 cm³/mol. The van der Waals surface area contributed by atoms with Gasteiger partial charge in [-0.15, -0.1) is 0 Å². The summed E-state index contributed by atoms with van der Waals surface area (Å²) in [6.45, 7) is 2.05. The summed E-state index contributed by atoms with van der Waals surface area (Å²) in [5.74, 6) is 0. The van der Waals surface area contributed by atoms with Crippen LogP contribution in [-0.4, -0.2) is 37.0 Å². The predicted octanol–water partition coefficient (Wildman–Crippen LogP) is 0.389. The number of alkyl carbamates (subject to hydrolysis) is 1. The van der Waals surface area contributed by atoms with Crippen LogP contribution in [0.4, 0.5) is 9.59 Å². The molecule has 0 aromatic rings. The summed E-state index contributed by atoms with van der Waals surface area (Å²) in [7, 11) is 1.25. The molecule has 0 rings (SSSR count). The monoisotopic (exact) mass is 190 g/mol. The molecule has 3 N–H and O–H groups in total. The van der Waals surface area contributed by atoms with Crippen LogP contribution in [0.5, 0.6) is 0 Å². The average Bonchev–Trinajstić information content (AvgIpc) is 2.10. The molecule has 0 aromatic heterocycles. The molecule has 0 saturated carbocycles. The highest BCUT2D eigenvalue weighted by Crippen LogP contribution is 1.88. The largest absolute Gasteiger partial charge is 0.465 e. The lowest BCUT2D eigenvalue weighted by molar-refractivity contribution is 0.167. The summed E-state index contributed by atoms with van der Waals surface area (Å²) < 4.78 is 4.32. The van der Waals surface area contributed by atoms with E-state index in [-0.39, 0.29) is 12.6 Å². The van der Waals surface area contributed by atoms with E-state index in [9.17, 15) is 9.59 Å². The van der Waals surface area contributed by atoms with Crippen LogP contribution in [0, 0.1) is 0 Å². The molecule has 6 heteroatoms. The molecule has 1 unspecified atom stereocenters. The standard InChI is InChI=1S/C7H14N2O4/c1-3-5(9-6(10)11)4-8-7(12)13-2/h5,9H,3-4H2,1-2H3,(H,8,12)(H,10,11). The second-order valence-corrected chi connectivity index (χ2v) is 2.43. The molecule has 13 heavy (non-hydrogen) atoms. The molecule has 0 aliphatic rings. The maximum Gasteiger partial charge on any atom is 0.406 e. The summed E-state index contributed by atoms with van der Waals surface area (Å²) in [5.41, 5.74) is 0. The Kier molecular flexibility index (Phi) is 5.42. The number of hydrogen-bond donors (Lipinski definition) is 3. The zero-order valence-electron chi connectivity index (χ0n) is 7.66. The Balaban J connectivity index is 3.71. The van der Waals surface area contributed by atoms with Crippen molar-refractivity contribution >= 4 is 12.2 Å². The molecular formula is C7H14N2O4. The Morgan fingerprint density at radius 2 is 2.15 bits per heavy atom. The van der Waals surface area contributed by atoms with Crippen molar-refractivity contribution in [1.82, 2.24) is 10.6 Å². The number of carbonyl (C=O) groups excluding carboxylic acids is 1. The Morgan fingerprint density at radius 3 is 2.54 bits per heavy atom. The number of carboxylic acid groups (broad SMARTS) is 1. The van der Waals surface area contributed by atoms with E-state index in [0.29, 0.717) is 6.42 Å². The maximum atomic E-state index is 10.6. The molecule has 6 nitrogen and oxygen atoms in total. The summed E-state index contributed by atoms with van der Waals surface area (Å²) in [4.78, 5) is 20.8. The highest BCUT2D eigenvalue weighted by Gasteiger charge is 2.09. The van der Waals surface area contributed by atoms with Crippen molar-refractivity contribution in [2.24, 2.45) is 0 Å². The Morgan fingerprint density at radius 1 is 1.54 bits per heavy atom. The van der Waals surface area contributed by atoms with E-state index in [1.54, 1.807) is 0 Å². The third-order valence-corrected chi connectivity index (χ3v) is 1.50. The molecule has 0 bridgehead atoms. The van der Waals surface area contributed by atoms with E-state index < -0.39 is 12.2 Å². The highest BCUT2D eigenvalue weighted by molar-refractivity contribution is 5.67. The van der Waals surface area contributed by atoms with Gasteiger partial charge in [-0.2, -0.15) is 0 Å². The van der Waals surface area contributed by atoms with E-state index >= 15 is 0 Å². The first kappa shape index (κ1) is 11.5. The summed E-state index contributed by atoms with van der Waals surface area (Å²) in [6.07, 6.45) is -1.06. The van der Waals surface area contributed by atoms with Gasteiger partial charge in [-0.1, -0.05) is 6.92 Å². The number of ether oxygens (including phenoxy) is 1. The van der Waals surface area contributed by atoms with E-state index in [1.165, 1.54) is 7.11 Å². The van der Waals surface area contributed by atoms with Crippen LogP contribution in [0.25, 0.3) is 0 Å². The first-order chi connectivity index (χ1) is 6.10. The first-order valence-electron chi connectivity index (χ1n) is 3.91. The molecule has 0 aliphatic heterocycles. The van der Waals surface area contributed by atoms with Crippen molar-refractivity contribution < 1.29 is 19.4 Å². The molecule has 0 heterocycles. The molecule has 0 fully saturated rings. The van der Waals surface area contributed by atoms with Gasteiger partial charge in [0.1, 0.15) is 0 Å². The minimum Gasteiger partial charge on any atom is -0.465 e. The SMILES string of the molecule is CCC(CNC(=O)OC)NC(=O)O. The quantitative estimate of drug-likeness (QED) is 0.598. The maximum absolute atomic E-state index is 10.6. The molecule has 0 aliphatic carbocycles. The molecule has 0 spiro atoms. The van der Waals surface area contributed by atoms with Crippen LogP contribution >= 0.6 is 0 Å². The van der Waals surface area contributed by atoms with Gasteiger partial charge in [-0.3, -0.25) is 0 Å². The fourth-order valence-corrected chi connectivity index (χ4v) is 0.751. The van der Waals surface area contributed by atoms with Crippen LogP contribution in [0.3, 0.4) is 0 Å². The second-order valence-electron chi connectivity index (χ2n) is 2.43. The van der Waals surface area contributed by atoms with Crippen molar-refractivity contribution in [1.29, 1.82) is 0 Å². The van der Waals surface area contributed by atoms with Gasteiger partial charge in [0.2, 0.25) is 0 Å². The van der Waals surface area contributed by atoms with Gasteiger partial charge < -0.3 is 20.5 Å². The number of methoxy groups -OCH3 is 1. The van der Waals surface area contributed by atoms with E-state index in [1.807, 2.05) is 6.92 Å². The highest BCUT2D eigenvalue weighted by atomic mass is 16.5. The van der Waals surface area contributed by atoms with Crippen LogP contribution in [0.1, 0.15) is 13.3 Å². The lowest BCUT2D eigenvalue weighted by atomic mass is 10.2. The third-order valence-electron chi connectivity index (χ3n) is 1.50. The zero-order chi connectivity index (χ0) is 10.3. The Bertz CT molecular complexity index is 183. The van der Waals surface area contributed by atoms with Crippen molar-refractivity contribution in [2.75, 3.05) is 13.7 Å². The Hall–Kier alpha value is -1.46. The minimum atomic E-state index is -1.10. The third kappa shape index (κ3) is 5.77. The zero-order valence-corrected chi connectivity index (χ0v) is 7.66. The molecule has 0 radical (unpaired) electrons. The molecule has 0 aromatic carbocycles. The van der Waals surface area contributed by atoms with Crippen LogP contribution < -0.4 is 10.6 Å². The molecule has 0 saturated heterocycles. The first-order valence-corrected chi connectivity index (χ1v) is 3.91. The van der Waals surface area contributed by atoms with Gasteiger partial charge in [0.25, 0.3) is 0 Å². The van der Waals surface area contributed by atoms with Gasteiger partial charge in [-0.05, 0) is 6.42 Å². The van der Waals surface area contributed by atoms with Crippen LogP contribution in [-0.2, 0) is 4.74 Å². The normalized spacial score (nSPS) is 11.5. The van der Waals surface area contributed by atoms with Crippen LogP contribution in [0.15, 0.2) is 0 Å². The van der Waals surface area contributed by atoms with Gasteiger partial charge in [0, 0.05) is 12.6 Å². The van der Waals surface area contributed by atoms with Crippen LogP contribution in [0.2, 0.25) is 0 Å². The smallest absolute Gasteiger partial charge is 0.406 e. The van der Waals surface area contributed by atoms with E-state index in [0.717, 1.165) is 0 Å². The number of hydrogen-bond acceptors (Lipinski definition) is 3. The topological polar surface area (TPSA) is 87.7 Å². The number of carbonyl (C=O) groups is 2. The van der Waals surface area contributed by atoms with Gasteiger partial charge in [0.15, 0.2) is 0 Å². The van der Waals surface area contributed by atoms with Crippen molar-refractivity contribution in [2.45, 2.75) is 19.4 Å². The van der Waals surface area contributed by atoms with Crippen molar-refractivity contribution in [3.05, 3.63) is 0 Å². The fraction of sp³-hybridized carbons (Fsp3) is 0.714. The van der Waals surface area contributed by atoms with Crippen molar-refractivity contribution in [3.8, 4) is 0 Å². The van der Waals surface area contributed by atoms with E-state index in [4.69, 9.17) is 5.11 Å². The lowest BCUT2D eigenvalue weighted by Crippen LogP contribution is -2.42. The number of amides is 2. The second kappa shape index (κ2) is 6.10. The molecule has 2 amide bonds. The fourth-order valence-electron chi connectivity index (χ4n) is 0.751.